The largest absolute Gasteiger partial charge is 0.370 e. The molecule has 2 rings (SSSR count). The highest BCUT2D eigenvalue weighted by Gasteiger charge is 2.34. The maximum Gasteiger partial charge on any atom is 0.240 e. The smallest absolute Gasteiger partial charge is 0.240 e. The van der Waals surface area contributed by atoms with Gasteiger partial charge in [-0.15, -0.1) is 12.4 Å². The minimum absolute atomic E-state index is 0. The highest BCUT2D eigenvalue weighted by atomic mass is 35.5. The molecule has 1 aromatic carbocycles. The molecular weight excluding hydrogens is 378 g/mol. The fourth-order valence-corrected chi connectivity index (χ4v) is 2.89. The third-order valence-electron chi connectivity index (χ3n) is 3.96. The van der Waals surface area contributed by atoms with Crippen LogP contribution in [0.4, 0.5) is 4.39 Å². The zero-order valence-corrected chi connectivity index (χ0v) is 16.1. The number of carbonyl (C=O) groups is 1. The quantitative estimate of drug-likeness (QED) is 0.769. The first kappa shape index (κ1) is 21.5. The summed E-state index contributed by atoms with van der Waals surface area (Å²) in [7, 11) is 0. The van der Waals surface area contributed by atoms with Crippen LogP contribution in [0.3, 0.4) is 0 Å². The molecule has 8 heteroatoms. The molecule has 136 valence electrons. The molecule has 0 spiro atoms. The Hall–Kier alpha value is -0.590. The van der Waals surface area contributed by atoms with Crippen LogP contribution < -0.4 is 5.73 Å². The van der Waals surface area contributed by atoms with Crippen LogP contribution >= 0.6 is 35.6 Å². The van der Waals surface area contributed by atoms with Gasteiger partial charge in [-0.05, 0) is 17.5 Å². The van der Waals surface area contributed by atoms with Crippen molar-refractivity contribution in [2.75, 3.05) is 19.7 Å². The zero-order chi connectivity index (χ0) is 17.4. The van der Waals surface area contributed by atoms with Crippen LogP contribution in [-0.4, -0.2) is 36.5 Å². The van der Waals surface area contributed by atoms with Crippen molar-refractivity contribution in [2.45, 2.75) is 32.9 Å². The van der Waals surface area contributed by atoms with E-state index in [1.54, 1.807) is 4.90 Å². The van der Waals surface area contributed by atoms with Crippen LogP contribution in [0.5, 0.6) is 0 Å². The summed E-state index contributed by atoms with van der Waals surface area (Å²) in [6.07, 6.45) is -0.501. The average molecular weight is 400 g/mol. The van der Waals surface area contributed by atoms with Gasteiger partial charge >= 0.3 is 0 Å². The van der Waals surface area contributed by atoms with Crippen molar-refractivity contribution in [1.82, 2.24) is 4.90 Å². The Morgan fingerprint density at radius 2 is 2.00 bits per heavy atom. The Labute approximate surface area is 157 Å². The molecule has 4 nitrogen and oxygen atoms in total. The van der Waals surface area contributed by atoms with Gasteiger partial charge < -0.3 is 15.4 Å². The van der Waals surface area contributed by atoms with Crippen LogP contribution in [0, 0.1) is 11.2 Å². The second-order valence-corrected chi connectivity index (χ2v) is 7.59. The van der Waals surface area contributed by atoms with E-state index in [0.29, 0.717) is 23.7 Å². The van der Waals surface area contributed by atoms with Crippen LogP contribution in [0.2, 0.25) is 10.0 Å². The maximum atomic E-state index is 13.7. The molecule has 1 aliphatic heterocycles. The van der Waals surface area contributed by atoms with E-state index >= 15 is 0 Å². The molecule has 0 bridgehead atoms. The van der Waals surface area contributed by atoms with Gasteiger partial charge in [0.2, 0.25) is 5.91 Å². The van der Waals surface area contributed by atoms with E-state index in [0.717, 1.165) is 0 Å². The van der Waals surface area contributed by atoms with Gasteiger partial charge in [0.25, 0.3) is 0 Å². The Morgan fingerprint density at radius 1 is 1.38 bits per heavy atom. The fraction of sp³-hybridized carbons (Fsp3) is 0.562. The van der Waals surface area contributed by atoms with Crippen LogP contribution in [0.25, 0.3) is 0 Å². The molecule has 1 fully saturated rings. The molecule has 0 aliphatic carbocycles. The lowest BCUT2D eigenvalue weighted by molar-refractivity contribution is -0.142. The monoisotopic (exact) mass is 398 g/mol. The molecular formula is C16H22Cl3FN2O2. The molecule has 1 unspecified atom stereocenters. The fourth-order valence-electron chi connectivity index (χ4n) is 2.39. The lowest BCUT2D eigenvalue weighted by atomic mass is 9.86. The molecule has 2 N–H and O–H groups in total. The Balaban J connectivity index is 0.00000288. The zero-order valence-electron chi connectivity index (χ0n) is 13.8. The molecule has 1 amide bonds. The van der Waals surface area contributed by atoms with Gasteiger partial charge in [0.15, 0.2) is 0 Å². The number of halogens is 4. The minimum Gasteiger partial charge on any atom is -0.370 e. The molecule has 0 saturated carbocycles. The summed E-state index contributed by atoms with van der Waals surface area (Å²) in [5.74, 6) is -0.708. The first-order valence-electron chi connectivity index (χ1n) is 7.41. The number of amides is 1. The Bertz CT molecular complexity index is 608. The summed E-state index contributed by atoms with van der Waals surface area (Å²) in [6.45, 7) is 6.82. The Kier molecular flexibility index (Phi) is 7.32. The molecule has 0 radical (unpaired) electrons. The van der Waals surface area contributed by atoms with Crippen molar-refractivity contribution in [2.24, 2.45) is 11.1 Å². The molecule has 0 aromatic heterocycles. The summed E-state index contributed by atoms with van der Waals surface area (Å²) in [6, 6.07) is 1.99. The highest BCUT2D eigenvalue weighted by molar-refractivity contribution is 6.35. The third-order valence-corrected chi connectivity index (χ3v) is 4.58. The third kappa shape index (κ3) is 4.73. The van der Waals surface area contributed by atoms with Crippen molar-refractivity contribution in [3.63, 3.8) is 0 Å². The van der Waals surface area contributed by atoms with E-state index in [4.69, 9.17) is 33.7 Å². The van der Waals surface area contributed by atoms with Crippen molar-refractivity contribution < 1.29 is 13.9 Å². The second-order valence-electron chi connectivity index (χ2n) is 6.78. The van der Waals surface area contributed by atoms with Crippen LogP contribution in [0.1, 0.15) is 32.4 Å². The van der Waals surface area contributed by atoms with Gasteiger partial charge in [-0.2, -0.15) is 0 Å². The molecule has 1 heterocycles. The van der Waals surface area contributed by atoms with E-state index in [-0.39, 0.29) is 35.3 Å². The van der Waals surface area contributed by atoms with E-state index in [1.807, 2.05) is 20.8 Å². The van der Waals surface area contributed by atoms with E-state index in [9.17, 15) is 9.18 Å². The molecule has 1 aliphatic rings. The van der Waals surface area contributed by atoms with E-state index < -0.39 is 18.0 Å². The SMILES string of the molecule is CC(C)(C)[C@H](N)C(=O)N1CCOC(c2cc(F)c(Cl)cc2Cl)C1.Cl. The number of rotatable bonds is 2. The molecule has 2 atom stereocenters. The number of benzene rings is 1. The number of nitrogens with zero attached hydrogens (tertiary/aromatic N) is 1. The standard InChI is InChI=1S/C16H21Cl2FN2O2.ClH/c1-16(2,3)14(20)15(22)21-4-5-23-13(8-21)9-6-12(19)11(18)7-10(9)17;/h6-7,13-14H,4-5,8,20H2,1-3H3;1H/t13?,14-;/m1./s1. The minimum atomic E-state index is -0.612. The summed E-state index contributed by atoms with van der Waals surface area (Å²) in [4.78, 5) is 14.2. The van der Waals surface area contributed by atoms with Gasteiger partial charge in [0.1, 0.15) is 11.9 Å². The topological polar surface area (TPSA) is 55.6 Å². The van der Waals surface area contributed by atoms with Gasteiger partial charge in [-0.1, -0.05) is 44.0 Å². The van der Waals surface area contributed by atoms with Gasteiger partial charge in [0.05, 0.1) is 24.2 Å². The summed E-state index contributed by atoms with van der Waals surface area (Å²) in [5, 5.41) is 0.271. The first-order chi connectivity index (χ1) is 10.6. The van der Waals surface area contributed by atoms with Crippen LogP contribution in [0.15, 0.2) is 12.1 Å². The first-order valence-corrected chi connectivity index (χ1v) is 8.17. The highest BCUT2D eigenvalue weighted by Crippen LogP contribution is 2.33. The number of carbonyl (C=O) groups excluding carboxylic acids is 1. The van der Waals surface area contributed by atoms with Gasteiger partial charge in [-0.25, -0.2) is 4.39 Å². The van der Waals surface area contributed by atoms with Crippen LogP contribution in [-0.2, 0) is 9.53 Å². The molecule has 1 aromatic rings. The normalized spacial score (nSPS) is 19.6. The summed E-state index contributed by atoms with van der Waals surface area (Å²) >= 11 is 11.9. The van der Waals surface area contributed by atoms with Crippen molar-refractivity contribution >= 4 is 41.5 Å². The molecule has 24 heavy (non-hydrogen) atoms. The van der Waals surface area contributed by atoms with Crippen molar-refractivity contribution in [1.29, 1.82) is 0 Å². The number of hydrogen-bond donors (Lipinski definition) is 1. The van der Waals surface area contributed by atoms with E-state index in [2.05, 4.69) is 0 Å². The van der Waals surface area contributed by atoms with E-state index in [1.165, 1.54) is 12.1 Å². The second kappa shape index (κ2) is 8.19. The summed E-state index contributed by atoms with van der Waals surface area (Å²) in [5.41, 5.74) is 6.19. The maximum absolute atomic E-state index is 13.7. The predicted octanol–water partition coefficient (Wildman–Crippen LogP) is 3.83. The summed E-state index contributed by atoms with van der Waals surface area (Å²) < 4.78 is 19.4. The average Bonchev–Trinajstić information content (AvgIpc) is 2.48. The number of ether oxygens (including phenoxy) is 1. The van der Waals surface area contributed by atoms with Gasteiger partial charge in [0, 0.05) is 17.1 Å². The lowest BCUT2D eigenvalue weighted by Gasteiger charge is -2.37. The Morgan fingerprint density at radius 3 is 2.58 bits per heavy atom. The van der Waals surface area contributed by atoms with Crippen molar-refractivity contribution in [3.05, 3.63) is 33.6 Å². The lowest BCUT2D eigenvalue weighted by Crippen LogP contribution is -2.53. The van der Waals surface area contributed by atoms with Gasteiger partial charge in [-0.3, -0.25) is 4.79 Å². The number of morpholine rings is 1. The number of hydrogen-bond acceptors (Lipinski definition) is 3. The molecule has 1 saturated heterocycles. The number of nitrogens with two attached hydrogens (primary N) is 1. The predicted molar refractivity (Wildman–Crippen MR) is 96.4 cm³/mol. The van der Waals surface area contributed by atoms with Crippen molar-refractivity contribution in [3.8, 4) is 0 Å².